The Kier molecular flexibility index (Phi) is 4.51. The zero-order valence-electron chi connectivity index (χ0n) is 10.7. The van der Waals surface area contributed by atoms with Crippen LogP contribution in [0.1, 0.15) is 46.5 Å². The third-order valence-electron chi connectivity index (χ3n) is 3.39. The minimum Gasteiger partial charge on any atom is -0.355 e. The van der Waals surface area contributed by atoms with Crippen LogP contribution in [0.15, 0.2) is 0 Å². The second-order valence-electron chi connectivity index (χ2n) is 5.84. The lowest BCUT2D eigenvalue weighted by atomic mass is 9.79. The Morgan fingerprint density at radius 1 is 1.38 bits per heavy atom. The van der Waals surface area contributed by atoms with Gasteiger partial charge in [0.25, 0.3) is 0 Å². The van der Waals surface area contributed by atoms with Gasteiger partial charge in [-0.05, 0) is 30.9 Å². The largest absolute Gasteiger partial charge is 0.355 e. The number of nitrogens with one attached hydrogen (secondary N) is 2. The predicted octanol–water partition coefficient (Wildman–Crippen LogP) is 2.60. The van der Waals surface area contributed by atoms with E-state index in [0.717, 1.165) is 19.4 Å². The molecule has 1 rings (SSSR count). The summed E-state index contributed by atoms with van der Waals surface area (Å²) >= 11 is 0. The molecule has 0 saturated heterocycles. The maximum Gasteiger partial charge on any atom is 0.225 e. The summed E-state index contributed by atoms with van der Waals surface area (Å²) in [6, 6.07) is 0. The molecule has 1 saturated carbocycles. The lowest BCUT2D eigenvalue weighted by Crippen LogP contribution is -2.40. The lowest BCUT2D eigenvalue weighted by Gasteiger charge is -2.29. The number of carbonyl (C=O) groups is 1. The first-order valence-electron chi connectivity index (χ1n) is 6.24. The molecular weight excluding hydrogens is 200 g/mol. The van der Waals surface area contributed by atoms with Gasteiger partial charge in [0.1, 0.15) is 0 Å². The Morgan fingerprint density at radius 2 is 2.00 bits per heavy atom. The standard InChI is InChI=1S/C13H24N2O/c1-13(2,3)12(16)15-9-11-7-5-4-6-10(11)8-14/h8,10-11,14H,4-7,9H2,1-3H3,(H,15,16). The quantitative estimate of drug-likeness (QED) is 0.711. The highest BCUT2D eigenvalue weighted by Crippen LogP contribution is 2.28. The molecule has 0 aromatic heterocycles. The smallest absolute Gasteiger partial charge is 0.225 e. The third kappa shape index (κ3) is 3.62. The summed E-state index contributed by atoms with van der Waals surface area (Å²) in [5, 5.41) is 10.4. The van der Waals surface area contributed by atoms with Crippen LogP contribution in [0.5, 0.6) is 0 Å². The van der Waals surface area contributed by atoms with E-state index >= 15 is 0 Å². The van der Waals surface area contributed by atoms with Gasteiger partial charge in [0, 0.05) is 12.0 Å². The fraction of sp³-hybridized carbons (Fsp3) is 0.846. The first-order valence-corrected chi connectivity index (χ1v) is 6.24. The van der Waals surface area contributed by atoms with Gasteiger partial charge in [0.2, 0.25) is 5.91 Å². The van der Waals surface area contributed by atoms with Gasteiger partial charge in [0.15, 0.2) is 0 Å². The fourth-order valence-corrected chi connectivity index (χ4v) is 2.20. The second-order valence-corrected chi connectivity index (χ2v) is 5.84. The molecule has 3 heteroatoms. The highest BCUT2D eigenvalue weighted by atomic mass is 16.2. The molecular formula is C13H24N2O. The Labute approximate surface area is 98.5 Å². The van der Waals surface area contributed by atoms with Gasteiger partial charge in [-0.25, -0.2) is 0 Å². The minimum atomic E-state index is -0.311. The molecule has 0 heterocycles. The van der Waals surface area contributed by atoms with Crippen molar-refractivity contribution < 1.29 is 4.79 Å². The molecule has 0 radical (unpaired) electrons. The summed E-state index contributed by atoms with van der Waals surface area (Å²) in [4.78, 5) is 11.7. The first kappa shape index (κ1) is 13.2. The number of carbonyl (C=O) groups excluding carboxylic acids is 1. The van der Waals surface area contributed by atoms with Crippen molar-refractivity contribution in [1.82, 2.24) is 5.32 Å². The van der Waals surface area contributed by atoms with Crippen LogP contribution in [0.2, 0.25) is 0 Å². The monoisotopic (exact) mass is 224 g/mol. The van der Waals surface area contributed by atoms with Crippen molar-refractivity contribution in [2.75, 3.05) is 6.54 Å². The van der Waals surface area contributed by atoms with Gasteiger partial charge in [0.05, 0.1) is 0 Å². The van der Waals surface area contributed by atoms with Crippen LogP contribution >= 0.6 is 0 Å². The Balaban J connectivity index is 2.41. The third-order valence-corrected chi connectivity index (χ3v) is 3.39. The Hall–Kier alpha value is -0.860. The first-order chi connectivity index (χ1) is 7.45. The molecule has 1 fully saturated rings. The van der Waals surface area contributed by atoms with Crippen LogP contribution in [0.3, 0.4) is 0 Å². The van der Waals surface area contributed by atoms with Crippen LogP contribution < -0.4 is 5.32 Å². The van der Waals surface area contributed by atoms with E-state index in [9.17, 15) is 4.79 Å². The van der Waals surface area contributed by atoms with E-state index in [2.05, 4.69) is 5.32 Å². The molecule has 0 spiro atoms. The molecule has 2 atom stereocenters. The van der Waals surface area contributed by atoms with Crippen molar-refractivity contribution >= 4 is 12.1 Å². The molecule has 1 aliphatic carbocycles. The number of hydrogen-bond acceptors (Lipinski definition) is 2. The molecule has 0 bridgehead atoms. The van der Waals surface area contributed by atoms with E-state index in [4.69, 9.17) is 5.41 Å². The second kappa shape index (κ2) is 5.46. The van der Waals surface area contributed by atoms with Crippen LogP contribution in [0, 0.1) is 22.7 Å². The predicted molar refractivity (Wildman–Crippen MR) is 66.7 cm³/mol. The zero-order valence-corrected chi connectivity index (χ0v) is 10.7. The average molecular weight is 224 g/mol. The van der Waals surface area contributed by atoms with Crippen molar-refractivity contribution in [3.8, 4) is 0 Å². The summed E-state index contributed by atoms with van der Waals surface area (Å²) < 4.78 is 0. The number of amides is 1. The van der Waals surface area contributed by atoms with Crippen molar-refractivity contribution in [3.05, 3.63) is 0 Å². The highest BCUT2D eigenvalue weighted by Gasteiger charge is 2.26. The topological polar surface area (TPSA) is 53.0 Å². The molecule has 0 aromatic rings. The van der Waals surface area contributed by atoms with Crippen LogP contribution in [-0.2, 0) is 4.79 Å². The van der Waals surface area contributed by atoms with E-state index in [1.165, 1.54) is 12.8 Å². The van der Waals surface area contributed by atoms with E-state index in [1.807, 2.05) is 20.8 Å². The summed E-state index contributed by atoms with van der Waals surface area (Å²) in [5.74, 6) is 0.952. The van der Waals surface area contributed by atoms with E-state index < -0.39 is 0 Å². The van der Waals surface area contributed by atoms with Crippen molar-refractivity contribution in [2.45, 2.75) is 46.5 Å². The molecule has 1 amide bonds. The average Bonchev–Trinajstić information content (AvgIpc) is 2.24. The van der Waals surface area contributed by atoms with Crippen LogP contribution in [0.25, 0.3) is 0 Å². The molecule has 2 unspecified atom stereocenters. The Morgan fingerprint density at radius 3 is 2.56 bits per heavy atom. The van der Waals surface area contributed by atoms with E-state index in [-0.39, 0.29) is 11.3 Å². The Bertz CT molecular complexity index is 255. The van der Waals surface area contributed by atoms with Crippen molar-refractivity contribution in [2.24, 2.45) is 17.3 Å². The van der Waals surface area contributed by atoms with E-state index in [1.54, 1.807) is 6.21 Å². The zero-order chi connectivity index (χ0) is 12.2. The summed E-state index contributed by atoms with van der Waals surface area (Å²) in [5.41, 5.74) is -0.311. The number of hydrogen-bond donors (Lipinski definition) is 2. The summed E-state index contributed by atoms with van der Waals surface area (Å²) in [6.07, 6.45) is 6.28. The molecule has 16 heavy (non-hydrogen) atoms. The summed E-state index contributed by atoms with van der Waals surface area (Å²) in [7, 11) is 0. The van der Waals surface area contributed by atoms with Crippen molar-refractivity contribution in [3.63, 3.8) is 0 Å². The van der Waals surface area contributed by atoms with E-state index in [0.29, 0.717) is 11.8 Å². The van der Waals surface area contributed by atoms with Gasteiger partial charge in [-0.1, -0.05) is 33.6 Å². The fourth-order valence-electron chi connectivity index (χ4n) is 2.20. The normalized spacial score (nSPS) is 26.2. The molecule has 0 aromatic carbocycles. The number of rotatable bonds is 3. The maximum atomic E-state index is 11.7. The SMILES string of the molecule is CC(C)(C)C(=O)NCC1CCCCC1C=N. The van der Waals surface area contributed by atoms with Gasteiger partial charge < -0.3 is 10.7 Å². The molecule has 0 aliphatic heterocycles. The van der Waals surface area contributed by atoms with Gasteiger partial charge in [-0.3, -0.25) is 4.79 Å². The lowest BCUT2D eigenvalue weighted by molar-refractivity contribution is -0.128. The van der Waals surface area contributed by atoms with Gasteiger partial charge >= 0.3 is 0 Å². The van der Waals surface area contributed by atoms with Crippen LogP contribution in [0.4, 0.5) is 0 Å². The minimum absolute atomic E-state index is 0.113. The molecule has 2 N–H and O–H groups in total. The molecule has 1 aliphatic rings. The molecule has 92 valence electrons. The highest BCUT2D eigenvalue weighted by molar-refractivity contribution is 5.81. The van der Waals surface area contributed by atoms with Crippen molar-refractivity contribution in [1.29, 1.82) is 5.41 Å². The molecule has 3 nitrogen and oxygen atoms in total. The van der Waals surface area contributed by atoms with Gasteiger partial charge in [-0.15, -0.1) is 0 Å². The van der Waals surface area contributed by atoms with Gasteiger partial charge in [-0.2, -0.15) is 0 Å². The summed E-state index contributed by atoms with van der Waals surface area (Å²) in [6.45, 7) is 6.52. The van der Waals surface area contributed by atoms with Crippen LogP contribution in [-0.4, -0.2) is 18.7 Å². The maximum absolute atomic E-state index is 11.7.